The highest BCUT2D eigenvalue weighted by Gasteiger charge is 2.06. The van der Waals surface area contributed by atoms with Gasteiger partial charge in [-0.2, -0.15) is 0 Å². The monoisotopic (exact) mass is 225 g/mol. The average molecular weight is 225 g/mol. The molecule has 1 N–H and O–H groups in total. The maximum atomic E-state index is 13.3. The molecule has 1 nitrogen and oxygen atoms in total. The van der Waals surface area contributed by atoms with E-state index in [2.05, 4.69) is 11.9 Å². The van der Waals surface area contributed by atoms with Gasteiger partial charge in [0.2, 0.25) is 0 Å². The zero-order valence-electron chi connectivity index (χ0n) is 8.87. The second-order valence-corrected chi connectivity index (χ2v) is 4.31. The quantitative estimate of drug-likeness (QED) is 0.590. The summed E-state index contributed by atoms with van der Waals surface area (Å²) >= 11 is 1.53. The minimum atomic E-state index is -0.143. The third-order valence-corrected chi connectivity index (χ3v) is 3.35. The first kappa shape index (κ1) is 12.3. The van der Waals surface area contributed by atoms with Gasteiger partial charge in [-0.1, -0.05) is 18.2 Å². The predicted octanol–water partition coefficient (Wildman–Crippen LogP) is 3.08. The zero-order chi connectivity index (χ0) is 11.1. The molecule has 0 aliphatic rings. The lowest BCUT2D eigenvalue weighted by molar-refractivity contribution is 0.599. The average Bonchev–Trinajstić information content (AvgIpc) is 2.26. The fourth-order valence-electron chi connectivity index (χ4n) is 1.22. The molecule has 3 heteroatoms. The molecule has 0 amide bonds. The molecule has 0 radical (unpaired) electrons. The Morgan fingerprint density at radius 1 is 1.53 bits per heavy atom. The number of thioether (sulfide) groups is 1. The Balaban J connectivity index is 2.48. The fourth-order valence-corrected chi connectivity index (χ4v) is 2.29. The number of nitrogens with one attached hydrogen (secondary N) is 1. The largest absolute Gasteiger partial charge is 0.316 e. The number of benzene rings is 1. The van der Waals surface area contributed by atoms with E-state index >= 15 is 0 Å². The summed E-state index contributed by atoms with van der Waals surface area (Å²) in [4.78, 5) is 0.710. The van der Waals surface area contributed by atoms with Gasteiger partial charge in [0.15, 0.2) is 0 Å². The Kier molecular flexibility index (Phi) is 5.43. The molecule has 82 valence electrons. The van der Waals surface area contributed by atoms with Crippen molar-refractivity contribution < 1.29 is 4.39 Å². The smallest absolute Gasteiger partial charge is 0.136 e. The Morgan fingerprint density at radius 2 is 2.27 bits per heavy atom. The molecule has 1 unspecified atom stereocenters. The SMILES string of the molecule is C=CCC(CSc1ccccc1F)NC. The van der Waals surface area contributed by atoms with E-state index in [0.29, 0.717) is 10.9 Å². The summed E-state index contributed by atoms with van der Waals surface area (Å²) in [6.45, 7) is 3.70. The first-order chi connectivity index (χ1) is 7.27. The molecule has 0 bridgehead atoms. The predicted molar refractivity (Wildman–Crippen MR) is 64.8 cm³/mol. The zero-order valence-corrected chi connectivity index (χ0v) is 9.69. The second kappa shape index (κ2) is 6.64. The van der Waals surface area contributed by atoms with Crippen molar-refractivity contribution in [1.82, 2.24) is 5.32 Å². The normalized spacial score (nSPS) is 12.4. The number of halogens is 1. The van der Waals surface area contributed by atoms with Gasteiger partial charge in [0.1, 0.15) is 5.82 Å². The minimum Gasteiger partial charge on any atom is -0.316 e. The van der Waals surface area contributed by atoms with Crippen molar-refractivity contribution >= 4 is 11.8 Å². The van der Waals surface area contributed by atoms with E-state index in [0.717, 1.165) is 12.2 Å². The van der Waals surface area contributed by atoms with Crippen LogP contribution in [-0.2, 0) is 0 Å². The molecule has 0 heterocycles. The summed E-state index contributed by atoms with van der Waals surface area (Å²) < 4.78 is 13.3. The third kappa shape index (κ3) is 4.06. The summed E-state index contributed by atoms with van der Waals surface area (Å²) in [6.07, 6.45) is 2.78. The van der Waals surface area contributed by atoms with Crippen LogP contribution in [0.3, 0.4) is 0 Å². The molecular weight excluding hydrogens is 209 g/mol. The van der Waals surface area contributed by atoms with Gasteiger partial charge < -0.3 is 5.32 Å². The highest BCUT2D eigenvalue weighted by molar-refractivity contribution is 7.99. The van der Waals surface area contributed by atoms with Crippen LogP contribution < -0.4 is 5.32 Å². The molecule has 0 spiro atoms. The van der Waals surface area contributed by atoms with Gasteiger partial charge in [0, 0.05) is 16.7 Å². The molecule has 0 saturated heterocycles. The maximum absolute atomic E-state index is 13.3. The first-order valence-electron chi connectivity index (χ1n) is 4.93. The first-order valence-corrected chi connectivity index (χ1v) is 5.92. The summed E-state index contributed by atoms with van der Waals surface area (Å²) in [5, 5.41) is 3.18. The van der Waals surface area contributed by atoms with Gasteiger partial charge >= 0.3 is 0 Å². The Hall–Kier alpha value is -0.800. The van der Waals surface area contributed by atoms with Crippen LogP contribution in [-0.4, -0.2) is 18.8 Å². The van der Waals surface area contributed by atoms with Gasteiger partial charge in [0.25, 0.3) is 0 Å². The standard InChI is InChI=1S/C12H16FNS/c1-3-6-10(14-2)9-15-12-8-5-4-7-11(12)13/h3-5,7-8,10,14H,1,6,9H2,2H3. The van der Waals surface area contributed by atoms with E-state index in [1.165, 1.54) is 17.8 Å². The van der Waals surface area contributed by atoms with Gasteiger partial charge in [-0.3, -0.25) is 0 Å². The summed E-state index contributed by atoms with van der Waals surface area (Å²) in [6, 6.07) is 7.21. The Morgan fingerprint density at radius 3 is 2.87 bits per heavy atom. The van der Waals surface area contributed by atoms with E-state index < -0.39 is 0 Å². The number of hydrogen-bond donors (Lipinski definition) is 1. The number of rotatable bonds is 6. The minimum absolute atomic E-state index is 0.143. The highest BCUT2D eigenvalue weighted by Crippen LogP contribution is 2.22. The maximum Gasteiger partial charge on any atom is 0.136 e. The van der Waals surface area contributed by atoms with Crippen molar-refractivity contribution in [2.24, 2.45) is 0 Å². The van der Waals surface area contributed by atoms with Gasteiger partial charge in [-0.05, 0) is 25.6 Å². The van der Waals surface area contributed by atoms with Gasteiger partial charge in [-0.15, -0.1) is 18.3 Å². The van der Waals surface area contributed by atoms with E-state index in [4.69, 9.17) is 0 Å². The van der Waals surface area contributed by atoms with Crippen molar-refractivity contribution in [3.05, 3.63) is 42.7 Å². The van der Waals surface area contributed by atoms with Crippen LogP contribution in [0.4, 0.5) is 4.39 Å². The molecule has 15 heavy (non-hydrogen) atoms. The summed E-state index contributed by atoms with van der Waals surface area (Å²) in [7, 11) is 1.91. The van der Waals surface area contributed by atoms with Crippen LogP contribution in [0, 0.1) is 5.82 Å². The molecule has 0 aliphatic heterocycles. The number of hydrogen-bond acceptors (Lipinski definition) is 2. The van der Waals surface area contributed by atoms with Crippen molar-refractivity contribution in [3.8, 4) is 0 Å². The Labute approximate surface area is 94.8 Å². The van der Waals surface area contributed by atoms with E-state index in [1.54, 1.807) is 12.1 Å². The highest BCUT2D eigenvalue weighted by atomic mass is 32.2. The van der Waals surface area contributed by atoms with Crippen LogP contribution in [0.2, 0.25) is 0 Å². The molecule has 0 aromatic heterocycles. The second-order valence-electron chi connectivity index (χ2n) is 3.25. The molecule has 0 fully saturated rings. The van der Waals surface area contributed by atoms with Gasteiger partial charge in [-0.25, -0.2) is 4.39 Å². The topological polar surface area (TPSA) is 12.0 Å². The van der Waals surface area contributed by atoms with Crippen molar-refractivity contribution in [3.63, 3.8) is 0 Å². The molecule has 1 rings (SSSR count). The molecular formula is C12H16FNS. The third-order valence-electron chi connectivity index (χ3n) is 2.14. The van der Waals surface area contributed by atoms with Crippen LogP contribution in [0.1, 0.15) is 6.42 Å². The molecule has 0 saturated carbocycles. The lowest BCUT2D eigenvalue weighted by Crippen LogP contribution is -2.26. The summed E-state index contributed by atoms with van der Waals surface area (Å²) in [5.74, 6) is 0.708. The van der Waals surface area contributed by atoms with Crippen LogP contribution in [0.15, 0.2) is 41.8 Å². The van der Waals surface area contributed by atoms with E-state index in [-0.39, 0.29) is 5.82 Å². The lowest BCUT2D eigenvalue weighted by Gasteiger charge is -2.13. The summed E-state index contributed by atoms with van der Waals surface area (Å²) in [5.41, 5.74) is 0. The Bertz CT molecular complexity index is 314. The van der Waals surface area contributed by atoms with Crippen LogP contribution in [0.5, 0.6) is 0 Å². The molecule has 1 atom stereocenters. The van der Waals surface area contributed by atoms with Crippen LogP contribution in [0.25, 0.3) is 0 Å². The fraction of sp³-hybridized carbons (Fsp3) is 0.333. The van der Waals surface area contributed by atoms with Crippen LogP contribution >= 0.6 is 11.8 Å². The van der Waals surface area contributed by atoms with Crippen molar-refractivity contribution in [2.45, 2.75) is 17.4 Å². The van der Waals surface area contributed by atoms with E-state index in [1.807, 2.05) is 19.2 Å². The molecule has 1 aromatic rings. The van der Waals surface area contributed by atoms with Gasteiger partial charge in [0.05, 0.1) is 0 Å². The van der Waals surface area contributed by atoms with E-state index in [9.17, 15) is 4.39 Å². The molecule has 0 aliphatic carbocycles. The van der Waals surface area contributed by atoms with Crippen molar-refractivity contribution in [2.75, 3.05) is 12.8 Å². The lowest BCUT2D eigenvalue weighted by atomic mass is 10.2. The van der Waals surface area contributed by atoms with Crippen molar-refractivity contribution in [1.29, 1.82) is 0 Å². The molecule has 1 aromatic carbocycles.